The van der Waals surface area contributed by atoms with Gasteiger partial charge in [0.25, 0.3) is 0 Å². The number of carboxylic acids is 1. The van der Waals surface area contributed by atoms with Gasteiger partial charge in [0, 0.05) is 12.1 Å². The van der Waals surface area contributed by atoms with Crippen molar-refractivity contribution in [2.75, 3.05) is 0 Å². The Kier molecular flexibility index (Phi) is 3.69. The van der Waals surface area contributed by atoms with Crippen molar-refractivity contribution in [1.82, 2.24) is 4.72 Å². The number of carboxylic acid groups (broad SMARTS) is 1. The molecule has 0 saturated heterocycles. The van der Waals surface area contributed by atoms with Crippen molar-refractivity contribution in [3.05, 3.63) is 17.6 Å². The summed E-state index contributed by atoms with van der Waals surface area (Å²) in [6.07, 6.45) is 3.17. The maximum absolute atomic E-state index is 12.2. The normalized spacial score (nSPS) is 18.0. The Morgan fingerprint density at radius 1 is 1.53 bits per heavy atom. The lowest BCUT2D eigenvalue weighted by atomic mass is 9.81. The van der Waals surface area contributed by atoms with Gasteiger partial charge in [-0.15, -0.1) is 0 Å². The van der Waals surface area contributed by atoms with E-state index < -0.39 is 16.0 Å². The van der Waals surface area contributed by atoms with E-state index in [1.807, 2.05) is 6.92 Å². The van der Waals surface area contributed by atoms with E-state index in [9.17, 15) is 13.2 Å². The first-order valence-electron chi connectivity index (χ1n) is 6.17. The first-order chi connectivity index (χ1) is 8.81. The molecule has 19 heavy (non-hydrogen) atoms. The van der Waals surface area contributed by atoms with Crippen LogP contribution in [-0.4, -0.2) is 25.5 Å². The monoisotopic (exact) mass is 287 g/mol. The van der Waals surface area contributed by atoms with Gasteiger partial charge in [0.15, 0.2) is 0 Å². The standard InChI is InChI=1S/C12H17NO5S/c1-7(9-4-3-5-9)13-19(16,17)11-6-10(12(14)15)18-8(11)2/h6-7,9,13H,3-5H2,1-2H3,(H,14,15). The van der Waals surface area contributed by atoms with Crippen LogP contribution >= 0.6 is 0 Å². The van der Waals surface area contributed by atoms with Crippen LogP contribution in [0, 0.1) is 12.8 Å². The molecule has 1 aliphatic rings. The Hall–Kier alpha value is -1.34. The molecule has 1 aliphatic carbocycles. The summed E-state index contributed by atoms with van der Waals surface area (Å²) in [7, 11) is -3.73. The molecule has 2 rings (SSSR count). The average Bonchev–Trinajstić information content (AvgIpc) is 2.57. The van der Waals surface area contributed by atoms with Crippen LogP contribution in [0.25, 0.3) is 0 Å². The zero-order valence-corrected chi connectivity index (χ0v) is 11.7. The molecule has 0 bridgehead atoms. The van der Waals surface area contributed by atoms with Crippen LogP contribution in [0.15, 0.2) is 15.4 Å². The summed E-state index contributed by atoms with van der Waals surface area (Å²) in [6, 6.07) is 0.898. The summed E-state index contributed by atoms with van der Waals surface area (Å²) in [6.45, 7) is 3.27. The predicted molar refractivity (Wildman–Crippen MR) is 67.5 cm³/mol. The number of aryl methyl sites for hydroxylation is 1. The van der Waals surface area contributed by atoms with Gasteiger partial charge in [0.05, 0.1) is 0 Å². The Morgan fingerprint density at radius 3 is 2.58 bits per heavy atom. The van der Waals surface area contributed by atoms with Crippen molar-refractivity contribution in [2.45, 2.75) is 44.0 Å². The van der Waals surface area contributed by atoms with Gasteiger partial charge < -0.3 is 9.52 Å². The van der Waals surface area contributed by atoms with Gasteiger partial charge in [-0.05, 0) is 32.6 Å². The lowest BCUT2D eigenvalue weighted by Gasteiger charge is -2.31. The fourth-order valence-electron chi connectivity index (χ4n) is 2.18. The highest BCUT2D eigenvalue weighted by atomic mass is 32.2. The van der Waals surface area contributed by atoms with Crippen molar-refractivity contribution in [1.29, 1.82) is 0 Å². The van der Waals surface area contributed by atoms with E-state index in [1.165, 1.54) is 6.92 Å². The second-order valence-corrected chi connectivity index (χ2v) is 6.62. The average molecular weight is 287 g/mol. The molecule has 1 unspecified atom stereocenters. The van der Waals surface area contributed by atoms with Crippen molar-refractivity contribution >= 4 is 16.0 Å². The molecule has 1 aromatic heterocycles. The highest BCUT2D eigenvalue weighted by Gasteiger charge is 2.30. The molecule has 6 nitrogen and oxygen atoms in total. The molecule has 7 heteroatoms. The Morgan fingerprint density at radius 2 is 2.16 bits per heavy atom. The molecule has 0 aliphatic heterocycles. The SMILES string of the molecule is Cc1oc(C(=O)O)cc1S(=O)(=O)NC(C)C1CCC1. The minimum absolute atomic E-state index is 0.0886. The largest absolute Gasteiger partial charge is 0.475 e. The molecular formula is C12H17NO5S. The van der Waals surface area contributed by atoms with Crippen molar-refractivity contribution in [3.8, 4) is 0 Å². The molecule has 0 aromatic carbocycles. The van der Waals surface area contributed by atoms with E-state index >= 15 is 0 Å². The molecule has 106 valence electrons. The van der Waals surface area contributed by atoms with Gasteiger partial charge in [-0.2, -0.15) is 0 Å². The Bertz CT molecular complexity index is 585. The number of aromatic carboxylic acids is 1. The second kappa shape index (κ2) is 4.97. The molecule has 0 radical (unpaired) electrons. The summed E-state index contributed by atoms with van der Waals surface area (Å²) in [5, 5.41) is 8.80. The molecule has 1 aromatic rings. The van der Waals surface area contributed by atoms with Crippen LogP contribution < -0.4 is 4.72 Å². The highest BCUT2D eigenvalue weighted by molar-refractivity contribution is 7.89. The van der Waals surface area contributed by atoms with Crippen molar-refractivity contribution in [2.24, 2.45) is 5.92 Å². The van der Waals surface area contributed by atoms with Crippen LogP contribution in [0.1, 0.15) is 42.5 Å². The molecule has 1 saturated carbocycles. The number of hydrogen-bond acceptors (Lipinski definition) is 4. The van der Waals surface area contributed by atoms with Crippen LogP contribution in [0.3, 0.4) is 0 Å². The molecular weight excluding hydrogens is 270 g/mol. The number of nitrogens with one attached hydrogen (secondary N) is 1. The van der Waals surface area contributed by atoms with Crippen molar-refractivity contribution in [3.63, 3.8) is 0 Å². The predicted octanol–water partition coefficient (Wildman–Crippen LogP) is 1.75. The van der Waals surface area contributed by atoms with E-state index in [2.05, 4.69) is 4.72 Å². The molecule has 1 heterocycles. The van der Waals surface area contributed by atoms with Crippen molar-refractivity contribution < 1.29 is 22.7 Å². The highest BCUT2D eigenvalue weighted by Crippen LogP contribution is 2.30. The van der Waals surface area contributed by atoms with Gasteiger partial charge in [-0.3, -0.25) is 0 Å². The zero-order valence-electron chi connectivity index (χ0n) is 10.8. The summed E-state index contributed by atoms with van der Waals surface area (Å²) in [5.41, 5.74) is 0. The first-order valence-corrected chi connectivity index (χ1v) is 7.65. The Balaban J connectivity index is 2.21. The zero-order chi connectivity index (χ0) is 14.2. The summed E-state index contributed by atoms with van der Waals surface area (Å²) < 4.78 is 31.9. The van der Waals surface area contributed by atoms with Gasteiger partial charge >= 0.3 is 5.97 Å². The molecule has 0 amide bonds. The van der Waals surface area contributed by atoms with E-state index in [1.54, 1.807) is 0 Å². The summed E-state index contributed by atoms with van der Waals surface area (Å²) in [4.78, 5) is 10.7. The third-order valence-corrected chi connectivity index (χ3v) is 5.24. The van der Waals surface area contributed by atoms with E-state index in [4.69, 9.17) is 9.52 Å². The number of furan rings is 1. The fourth-order valence-corrected chi connectivity index (χ4v) is 3.67. The molecule has 2 N–H and O–H groups in total. The fraction of sp³-hybridized carbons (Fsp3) is 0.583. The minimum Gasteiger partial charge on any atom is -0.475 e. The summed E-state index contributed by atoms with van der Waals surface area (Å²) >= 11 is 0. The number of rotatable bonds is 5. The lowest BCUT2D eigenvalue weighted by molar-refractivity contribution is 0.0661. The Labute approximate surface area is 111 Å². The first kappa shape index (κ1) is 14.1. The number of sulfonamides is 1. The molecule has 1 fully saturated rings. The van der Waals surface area contributed by atoms with Crippen LogP contribution in [0.2, 0.25) is 0 Å². The van der Waals surface area contributed by atoms with E-state index in [-0.39, 0.29) is 22.5 Å². The third-order valence-electron chi connectivity index (χ3n) is 3.57. The van der Waals surface area contributed by atoms with Crippen LogP contribution in [-0.2, 0) is 10.0 Å². The van der Waals surface area contributed by atoms with Crippen LogP contribution in [0.4, 0.5) is 0 Å². The third kappa shape index (κ3) is 2.82. The van der Waals surface area contributed by atoms with Gasteiger partial charge in [0.1, 0.15) is 10.7 Å². The number of carbonyl (C=O) groups is 1. The summed E-state index contributed by atoms with van der Waals surface area (Å²) in [5.74, 6) is -1.20. The van der Waals surface area contributed by atoms with Crippen LogP contribution in [0.5, 0.6) is 0 Å². The maximum atomic E-state index is 12.2. The second-order valence-electron chi connectivity index (χ2n) is 4.94. The smallest absolute Gasteiger partial charge is 0.371 e. The van der Waals surface area contributed by atoms with E-state index in [0.29, 0.717) is 5.92 Å². The van der Waals surface area contributed by atoms with Gasteiger partial charge in [-0.1, -0.05) is 6.42 Å². The number of hydrogen-bond donors (Lipinski definition) is 2. The molecule has 0 spiro atoms. The topological polar surface area (TPSA) is 96.6 Å². The minimum atomic E-state index is -3.73. The maximum Gasteiger partial charge on any atom is 0.371 e. The molecule has 1 atom stereocenters. The van der Waals surface area contributed by atoms with Gasteiger partial charge in [0.2, 0.25) is 15.8 Å². The lowest BCUT2D eigenvalue weighted by Crippen LogP contribution is -2.40. The van der Waals surface area contributed by atoms with E-state index in [0.717, 1.165) is 25.3 Å². The van der Waals surface area contributed by atoms with Gasteiger partial charge in [-0.25, -0.2) is 17.9 Å². The quantitative estimate of drug-likeness (QED) is 0.860.